The number of para-hydroxylation sites is 1. The number of amides is 1. The Hall–Kier alpha value is -2.62. The lowest BCUT2D eigenvalue weighted by atomic mass is 9.96. The molecule has 0 radical (unpaired) electrons. The van der Waals surface area contributed by atoms with E-state index in [1.54, 1.807) is 11.8 Å². The number of aromatic nitrogens is 1. The molecule has 1 aromatic heterocycles. The molecule has 5 rings (SSSR count). The van der Waals surface area contributed by atoms with Crippen LogP contribution < -0.4 is 4.74 Å². The van der Waals surface area contributed by atoms with Gasteiger partial charge in [-0.2, -0.15) is 0 Å². The highest BCUT2D eigenvalue weighted by Gasteiger charge is 2.47. The summed E-state index contributed by atoms with van der Waals surface area (Å²) in [6.07, 6.45) is 10.9. The van der Waals surface area contributed by atoms with Crippen molar-refractivity contribution in [2.45, 2.75) is 107 Å². The third-order valence-electron chi connectivity index (χ3n) is 8.68. The molecule has 248 valence electrons. The zero-order valence-corrected chi connectivity index (χ0v) is 28.6. The van der Waals surface area contributed by atoms with E-state index >= 15 is 0 Å². The van der Waals surface area contributed by atoms with E-state index < -0.39 is 11.7 Å². The van der Waals surface area contributed by atoms with Crippen LogP contribution in [0.2, 0.25) is 5.02 Å². The minimum atomic E-state index is -0.677. The Bertz CT molecular complexity index is 1440. The molecule has 2 fully saturated rings. The number of thioether (sulfide) groups is 1. The van der Waals surface area contributed by atoms with Gasteiger partial charge in [0.25, 0.3) is 0 Å². The van der Waals surface area contributed by atoms with Gasteiger partial charge in [0.15, 0.2) is 0 Å². The topological polar surface area (TPSA) is 92.1 Å². The number of rotatable bonds is 19. The molecule has 1 amide bonds. The fraction of sp³-hybridized carbons (Fsp3) is 0.514. The van der Waals surface area contributed by atoms with E-state index in [4.69, 9.17) is 26.2 Å². The van der Waals surface area contributed by atoms with Crippen LogP contribution in [0.25, 0.3) is 11.1 Å². The molecule has 2 saturated carbocycles. The van der Waals surface area contributed by atoms with Gasteiger partial charge in [-0.05, 0) is 112 Å². The summed E-state index contributed by atoms with van der Waals surface area (Å²) in [7, 11) is 0. The molecule has 0 aliphatic heterocycles. The number of unbranched alkanes of at least 4 members (excludes halogenated alkanes) is 1. The lowest BCUT2D eigenvalue weighted by Crippen LogP contribution is -2.37. The zero-order chi connectivity index (χ0) is 32.5. The summed E-state index contributed by atoms with van der Waals surface area (Å²) in [5, 5.41) is 19.2. The van der Waals surface area contributed by atoms with Crippen molar-refractivity contribution >= 4 is 29.3 Å². The van der Waals surface area contributed by atoms with Crippen LogP contribution in [0.4, 0.5) is 0 Å². The highest BCUT2D eigenvalue weighted by atomic mass is 35.5. The predicted octanol–water partition coefficient (Wildman–Crippen LogP) is 7.78. The van der Waals surface area contributed by atoms with Gasteiger partial charge in [0.05, 0.1) is 31.0 Å². The van der Waals surface area contributed by atoms with Crippen molar-refractivity contribution in [1.29, 1.82) is 0 Å². The normalized spacial score (nSPS) is 16.0. The van der Waals surface area contributed by atoms with Gasteiger partial charge in [-0.25, -0.2) is 0 Å². The Morgan fingerprint density at radius 3 is 2.65 bits per heavy atom. The number of halogens is 1. The van der Waals surface area contributed by atoms with Crippen LogP contribution in [0.3, 0.4) is 0 Å². The molecule has 3 aromatic rings. The molecule has 0 saturated heterocycles. The number of hydrogen-bond acceptors (Lipinski definition) is 7. The number of aliphatic hydroxyl groups excluding tert-OH is 2. The second-order valence-electron chi connectivity index (χ2n) is 12.7. The standard InChI is InChI=1S/C37H47ClN2O5S/c1-26(2)40(20-6-5-8-28(42)24-41)36(43)11-7-21-46-30-14-15-34(38)27(22-30)25-44-37(17-18-37)33-23-39-19-16-31(33)32-9-3-4-10-35(32)45-29-12-13-29/h3-4,9-10,14-16,19,22-23,26,28-29,41-42H,5-8,11-13,17-18,20-21,24-25H2,1-2H3. The summed E-state index contributed by atoms with van der Waals surface area (Å²) in [6, 6.07) is 16.5. The van der Waals surface area contributed by atoms with Crippen LogP contribution in [0.15, 0.2) is 65.8 Å². The monoisotopic (exact) mass is 666 g/mol. The van der Waals surface area contributed by atoms with Gasteiger partial charge in [-0.3, -0.25) is 9.78 Å². The first-order valence-electron chi connectivity index (χ1n) is 16.6. The molecule has 0 bridgehead atoms. The molecule has 0 spiro atoms. The highest BCUT2D eigenvalue weighted by Crippen LogP contribution is 2.53. The summed E-state index contributed by atoms with van der Waals surface area (Å²) in [6.45, 7) is 4.93. The summed E-state index contributed by atoms with van der Waals surface area (Å²) in [5.74, 6) is 1.90. The largest absolute Gasteiger partial charge is 0.490 e. The van der Waals surface area contributed by atoms with Crippen LogP contribution in [0.1, 0.15) is 82.8 Å². The number of carbonyl (C=O) groups is 1. The van der Waals surface area contributed by atoms with Gasteiger partial charge in [0.1, 0.15) is 5.75 Å². The van der Waals surface area contributed by atoms with Crippen molar-refractivity contribution < 1.29 is 24.5 Å². The number of carbonyl (C=O) groups excluding carboxylic acids is 1. The lowest BCUT2D eigenvalue weighted by Gasteiger charge is -2.27. The van der Waals surface area contributed by atoms with Crippen molar-refractivity contribution in [2.24, 2.45) is 0 Å². The zero-order valence-electron chi connectivity index (χ0n) is 27.0. The van der Waals surface area contributed by atoms with E-state index in [1.165, 1.54) is 0 Å². The van der Waals surface area contributed by atoms with Gasteiger partial charge in [-0.15, -0.1) is 11.8 Å². The number of nitrogens with zero attached hydrogens (tertiary/aromatic N) is 2. The maximum atomic E-state index is 12.9. The van der Waals surface area contributed by atoms with Crippen LogP contribution >= 0.6 is 23.4 Å². The summed E-state index contributed by atoms with van der Waals surface area (Å²) >= 11 is 8.37. The van der Waals surface area contributed by atoms with E-state index in [2.05, 4.69) is 23.2 Å². The second kappa shape index (κ2) is 16.5. The minimum absolute atomic E-state index is 0.130. The van der Waals surface area contributed by atoms with Crippen molar-refractivity contribution in [3.63, 3.8) is 0 Å². The molecular formula is C37H47ClN2O5S. The maximum Gasteiger partial charge on any atom is 0.222 e. The number of hydrogen-bond donors (Lipinski definition) is 2. The van der Waals surface area contributed by atoms with Crippen LogP contribution in [0.5, 0.6) is 5.75 Å². The molecule has 1 atom stereocenters. The molecular weight excluding hydrogens is 620 g/mol. The van der Waals surface area contributed by atoms with E-state index in [1.807, 2.05) is 61.5 Å². The molecule has 2 N–H and O–H groups in total. The van der Waals surface area contributed by atoms with E-state index in [9.17, 15) is 9.90 Å². The van der Waals surface area contributed by atoms with Crippen molar-refractivity contribution in [3.05, 3.63) is 77.1 Å². The maximum absolute atomic E-state index is 12.9. The Kier molecular flexibility index (Phi) is 12.4. The van der Waals surface area contributed by atoms with Crippen molar-refractivity contribution in [1.82, 2.24) is 9.88 Å². The first kappa shape index (κ1) is 34.7. The summed E-state index contributed by atoms with van der Waals surface area (Å²) in [5.41, 5.74) is 3.82. The highest BCUT2D eigenvalue weighted by molar-refractivity contribution is 7.99. The Balaban J connectivity index is 1.14. The van der Waals surface area contributed by atoms with Crippen LogP contribution in [-0.4, -0.2) is 63.2 Å². The van der Waals surface area contributed by atoms with Crippen molar-refractivity contribution in [3.8, 4) is 16.9 Å². The molecule has 2 aromatic carbocycles. The second-order valence-corrected chi connectivity index (χ2v) is 14.3. The predicted molar refractivity (Wildman–Crippen MR) is 184 cm³/mol. The smallest absolute Gasteiger partial charge is 0.222 e. The number of benzene rings is 2. The molecule has 1 unspecified atom stereocenters. The van der Waals surface area contributed by atoms with Gasteiger partial charge in [-0.1, -0.05) is 29.8 Å². The molecule has 46 heavy (non-hydrogen) atoms. The van der Waals surface area contributed by atoms with Gasteiger partial charge < -0.3 is 24.6 Å². The quantitative estimate of drug-likeness (QED) is 0.0997. The third kappa shape index (κ3) is 9.48. The Labute approximate surface area is 282 Å². The van der Waals surface area contributed by atoms with Crippen molar-refractivity contribution in [2.75, 3.05) is 18.9 Å². The fourth-order valence-electron chi connectivity index (χ4n) is 5.70. The van der Waals surface area contributed by atoms with Crippen LogP contribution in [0, 0.1) is 0 Å². The Morgan fingerprint density at radius 1 is 1.11 bits per heavy atom. The van der Waals surface area contributed by atoms with Gasteiger partial charge >= 0.3 is 0 Å². The van der Waals surface area contributed by atoms with E-state index in [-0.39, 0.29) is 18.6 Å². The minimum Gasteiger partial charge on any atom is -0.490 e. The average Bonchev–Trinajstić information content (AvgIpc) is 4.00. The van der Waals surface area contributed by atoms with Gasteiger partial charge in [0.2, 0.25) is 5.91 Å². The summed E-state index contributed by atoms with van der Waals surface area (Å²) < 4.78 is 12.9. The van der Waals surface area contributed by atoms with E-state index in [0.29, 0.717) is 37.1 Å². The number of aliphatic hydroxyl groups is 2. The SMILES string of the molecule is CC(C)N(CCCCC(O)CO)C(=O)CCCSc1ccc(Cl)c(COC2(c3cnccc3-c3ccccc3OC3CC3)CC2)c1. The molecule has 2 aliphatic rings. The first-order valence-corrected chi connectivity index (χ1v) is 18.0. The number of pyridine rings is 1. The van der Waals surface area contributed by atoms with Crippen LogP contribution in [-0.2, 0) is 21.7 Å². The molecule has 1 heterocycles. The molecule has 7 nitrogen and oxygen atoms in total. The lowest BCUT2D eigenvalue weighted by molar-refractivity contribution is -0.133. The van der Waals surface area contributed by atoms with E-state index in [0.717, 1.165) is 83.6 Å². The van der Waals surface area contributed by atoms with Gasteiger partial charge in [0, 0.05) is 52.4 Å². The fourth-order valence-corrected chi connectivity index (χ4v) is 6.79. The Morgan fingerprint density at radius 2 is 1.91 bits per heavy atom. The molecule has 9 heteroatoms. The number of ether oxygens (including phenoxy) is 2. The third-order valence-corrected chi connectivity index (χ3v) is 10.1. The summed E-state index contributed by atoms with van der Waals surface area (Å²) in [4.78, 5) is 20.5. The average molecular weight is 667 g/mol. The first-order chi connectivity index (χ1) is 22.3. The molecule has 2 aliphatic carbocycles.